The number of hydrogen-bond acceptors (Lipinski definition) is 5. The molecule has 0 aliphatic carbocycles. The first-order valence-electron chi connectivity index (χ1n) is 3.71. The molecule has 0 unspecified atom stereocenters. The molecule has 0 aliphatic rings. The van der Waals surface area contributed by atoms with Crippen LogP contribution in [0.2, 0.25) is 0 Å². The molecule has 0 fully saturated rings. The summed E-state index contributed by atoms with van der Waals surface area (Å²) in [6.07, 6.45) is 0. The lowest BCUT2D eigenvalue weighted by Gasteiger charge is -1.75. The number of hydrogen-bond donors (Lipinski definition) is 0. The first-order chi connectivity index (χ1) is 7.26. The third kappa shape index (κ3) is 2.01. The molecule has 1 rings (SSSR count). The van der Waals surface area contributed by atoms with E-state index in [2.05, 4.69) is 0 Å². The molecule has 0 radical (unpaired) electrons. The van der Waals surface area contributed by atoms with E-state index in [0.717, 1.165) is 11.3 Å². The monoisotopic (exact) mass is 210 g/mol. The highest BCUT2D eigenvalue weighted by atomic mass is 32.1. The van der Waals surface area contributed by atoms with Gasteiger partial charge in [0.25, 0.3) is 0 Å². The van der Waals surface area contributed by atoms with Crippen molar-refractivity contribution in [3.05, 3.63) is 21.2 Å². The summed E-state index contributed by atoms with van der Waals surface area (Å²) in [5, 5.41) is 34.4. The van der Waals surface area contributed by atoms with Gasteiger partial charge in [0.1, 0.15) is 35.4 Å². The molecule has 1 heterocycles. The summed E-state index contributed by atoms with van der Waals surface area (Å²) >= 11 is 1.08. The fourth-order valence-corrected chi connectivity index (χ4v) is 1.77. The fraction of sp³-hybridized carbons (Fsp3) is 0. The largest absolute Gasteiger partial charge is 0.192 e. The maximum Gasteiger partial charge on any atom is 0.146 e. The first kappa shape index (κ1) is 10.5. The van der Waals surface area contributed by atoms with Crippen LogP contribution in [0.15, 0.2) is 12.1 Å². The highest BCUT2D eigenvalue weighted by Gasteiger charge is 1.99. The second-order valence-electron chi connectivity index (χ2n) is 2.36. The Labute approximate surface area is 89.5 Å². The minimum absolute atomic E-state index is 0.0125. The summed E-state index contributed by atoms with van der Waals surface area (Å²) in [6.45, 7) is 0. The van der Waals surface area contributed by atoms with Crippen LogP contribution in [-0.4, -0.2) is 0 Å². The van der Waals surface area contributed by atoms with Crippen LogP contribution >= 0.6 is 11.3 Å². The number of rotatable bonds is 0. The molecule has 0 atom stereocenters. The molecule has 0 bridgehead atoms. The number of thiophene rings is 1. The summed E-state index contributed by atoms with van der Waals surface area (Å²) in [7, 11) is 0. The predicted octanol–water partition coefficient (Wildman–Crippen LogP) is 0.144. The molecule has 1 aromatic rings. The van der Waals surface area contributed by atoms with Crippen LogP contribution in [0, 0.1) is 45.3 Å². The Morgan fingerprint density at radius 3 is 1.40 bits per heavy atom. The summed E-state index contributed by atoms with van der Waals surface area (Å²) in [5.41, 5.74) is -0.0250. The molecular weight excluding hydrogens is 208 g/mol. The van der Waals surface area contributed by atoms with Gasteiger partial charge >= 0.3 is 0 Å². The topological polar surface area (TPSA) is 95.2 Å². The van der Waals surface area contributed by atoms with Crippen molar-refractivity contribution in [1.82, 2.24) is 0 Å². The van der Waals surface area contributed by atoms with E-state index in [-0.39, 0.29) is 11.1 Å². The molecule has 5 heteroatoms. The van der Waals surface area contributed by atoms with Gasteiger partial charge < -0.3 is 0 Å². The second-order valence-corrected chi connectivity index (χ2v) is 3.44. The minimum Gasteiger partial charge on any atom is -0.192 e. The molecule has 4 nitrogen and oxygen atoms in total. The molecular formula is C10H2N4S. The average Bonchev–Trinajstić information content (AvgIpc) is 2.71. The van der Waals surface area contributed by atoms with E-state index in [1.54, 1.807) is 36.4 Å². The molecule has 0 saturated carbocycles. The van der Waals surface area contributed by atoms with Gasteiger partial charge in [-0.1, -0.05) is 0 Å². The lowest BCUT2D eigenvalue weighted by molar-refractivity contribution is 1.50. The normalized spacial score (nSPS) is 7.73. The van der Waals surface area contributed by atoms with Crippen molar-refractivity contribution in [3.8, 4) is 24.3 Å². The van der Waals surface area contributed by atoms with E-state index < -0.39 is 0 Å². The van der Waals surface area contributed by atoms with Crippen LogP contribution < -0.4 is 9.06 Å². The van der Waals surface area contributed by atoms with Crippen molar-refractivity contribution in [2.45, 2.75) is 0 Å². The molecule has 15 heavy (non-hydrogen) atoms. The Hall–Kier alpha value is -2.60. The second kappa shape index (κ2) is 4.58. The summed E-state index contributed by atoms with van der Waals surface area (Å²) in [6, 6.07) is 10.1. The molecule has 0 saturated heterocycles. The first-order valence-corrected chi connectivity index (χ1v) is 4.53. The molecule has 0 spiro atoms. The average molecular weight is 210 g/mol. The number of nitriles is 4. The van der Waals surface area contributed by atoms with Gasteiger partial charge in [-0.15, -0.1) is 11.3 Å². The van der Waals surface area contributed by atoms with Gasteiger partial charge in [-0.2, -0.15) is 21.0 Å². The zero-order valence-electron chi connectivity index (χ0n) is 7.35. The maximum absolute atomic E-state index is 8.60. The van der Waals surface area contributed by atoms with Crippen molar-refractivity contribution in [3.63, 3.8) is 0 Å². The Morgan fingerprint density at radius 1 is 0.800 bits per heavy atom. The zero-order valence-corrected chi connectivity index (χ0v) is 8.17. The van der Waals surface area contributed by atoms with Crippen LogP contribution in [-0.2, 0) is 0 Å². The third-order valence-electron chi connectivity index (χ3n) is 1.55. The molecule has 1 aromatic heterocycles. The molecule has 68 valence electrons. The highest BCUT2D eigenvalue weighted by molar-refractivity contribution is 7.08. The number of nitrogens with zero attached hydrogens (tertiary/aromatic N) is 4. The van der Waals surface area contributed by atoms with Gasteiger partial charge in [-0.25, -0.2) is 0 Å². The Kier molecular flexibility index (Phi) is 3.20. The summed E-state index contributed by atoms with van der Waals surface area (Å²) in [4.78, 5) is 0. The van der Waals surface area contributed by atoms with E-state index in [1.165, 1.54) is 0 Å². The van der Waals surface area contributed by atoms with Crippen LogP contribution in [0.5, 0.6) is 0 Å². The van der Waals surface area contributed by atoms with Crippen molar-refractivity contribution in [2.75, 3.05) is 0 Å². The van der Waals surface area contributed by atoms with Crippen molar-refractivity contribution >= 4 is 22.5 Å². The van der Waals surface area contributed by atoms with E-state index in [9.17, 15) is 0 Å². The standard InChI is InChI=1S/C10H2N4S/c11-3-7(4-12)9-1-2-10(15-9)8(5-13)6-14/h1-2H. The molecule has 0 N–H and O–H groups in total. The van der Waals surface area contributed by atoms with Gasteiger partial charge in [-0.05, 0) is 12.1 Å². The van der Waals surface area contributed by atoms with Crippen LogP contribution in [0.4, 0.5) is 0 Å². The fourth-order valence-electron chi connectivity index (χ4n) is 0.877. The quantitative estimate of drug-likeness (QED) is 0.608. The van der Waals surface area contributed by atoms with Crippen molar-refractivity contribution in [1.29, 1.82) is 21.0 Å². The molecule has 0 amide bonds. The smallest absolute Gasteiger partial charge is 0.146 e. The van der Waals surface area contributed by atoms with Crippen LogP contribution in [0.3, 0.4) is 0 Å². The van der Waals surface area contributed by atoms with Crippen molar-refractivity contribution in [2.24, 2.45) is 0 Å². The van der Waals surface area contributed by atoms with Gasteiger partial charge in [0.05, 0.1) is 9.06 Å². The van der Waals surface area contributed by atoms with Crippen molar-refractivity contribution < 1.29 is 0 Å². The minimum atomic E-state index is -0.0125. The van der Waals surface area contributed by atoms with E-state index in [0.29, 0.717) is 9.06 Å². The summed E-state index contributed by atoms with van der Waals surface area (Å²) < 4.78 is 0.941. The van der Waals surface area contributed by atoms with Gasteiger partial charge in [-0.3, -0.25) is 0 Å². The van der Waals surface area contributed by atoms with Gasteiger partial charge in [0, 0.05) is 0 Å². The highest BCUT2D eigenvalue weighted by Crippen LogP contribution is 1.93. The zero-order chi connectivity index (χ0) is 11.3. The Bertz CT molecular complexity index is 577. The SMILES string of the molecule is N#CC(C#N)=c1ccc(=C(C#N)C#N)s1. The van der Waals surface area contributed by atoms with E-state index in [4.69, 9.17) is 21.0 Å². The summed E-state index contributed by atoms with van der Waals surface area (Å²) in [5.74, 6) is 0. The van der Waals surface area contributed by atoms with Crippen LogP contribution in [0.1, 0.15) is 0 Å². The molecule has 0 aliphatic heterocycles. The Morgan fingerprint density at radius 2 is 1.13 bits per heavy atom. The van der Waals surface area contributed by atoms with E-state index >= 15 is 0 Å². The Balaban J connectivity index is 3.66. The maximum atomic E-state index is 8.60. The van der Waals surface area contributed by atoms with Gasteiger partial charge in [0.15, 0.2) is 0 Å². The third-order valence-corrected chi connectivity index (χ3v) is 2.67. The molecule has 0 aromatic carbocycles. The predicted molar refractivity (Wildman–Crippen MR) is 52.8 cm³/mol. The van der Waals surface area contributed by atoms with Gasteiger partial charge in [0.2, 0.25) is 0 Å². The van der Waals surface area contributed by atoms with Crippen LogP contribution in [0.25, 0.3) is 11.1 Å². The lowest BCUT2D eigenvalue weighted by atomic mass is 10.3. The lowest BCUT2D eigenvalue weighted by Crippen LogP contribution is -1.99. The van der Waals surface area contributed by atoms with E-state index in [1.807, 2.05) is 0 Å².